The number of carbonyl (C=O) groups excluding carboxylic acids is 1. The van der Waals surface area contributed by atoms with Crippen molar-refractivity contribution >= 4 is 11.7 Å². The molecule has 2 N–H and O–H groups in total. The van der Waals surface area contributed by atoms with Crippen LogP contribution in [0.2, 0.25) is 0 Å². The molecule has 0 bridgehead atoms. The Morgan fingerprint density at radius 1 is 0.853 bits per heavy atom. The van der Waals surface area contributed by atoms with Gasteiger partial charge in [0.1, 0.15) is 5.69 Å². The molecule has 0 aliphatic rings. The molecule has 11 heteroatoms. The van der Waals surface area contributed by atoms with Gasteiger partial charge in [-0.15, -0.1) is 0 Å². The van der Waals surface area contributed by atoms with Crippen molar-refractivity contribution in [2.75, 3.05) is 26.1 Å². The Labute approximate surface area is 197 Å². The molecule has 0 heterocycles. The molecule has 0 saturated heterocycles. The van der Waals surface area contributed by atoms with Gasteiger partial charge in [0.15, 0.2) is 23.3 Å². The lowest BCUT2D eigenvalue weighted by Crippen LogP contribution is -2.51. The summed E-state index contributed by atoms with van der Waals surface area (Å²) in [5, 5.41) is 4.08. The molecule has 1 aromatic rings. The zero-order valence-electron chi connectivity index (χ0n) is 20.3. The van der Waals surface area contributed by atoms with E-state index in [9.17, 15) is 26.7 Å². The van der Waals surface area contributed by atoms with Crippen LogP contribution in [0.5, 0.6) is 0 Å². The quantitative estimate of drug-likeness (QED) is 0.0987. The number of benzene rings is 1. The Bertz CT molecular complexity index is 762. The molecule has 0 aromatic heterocycles. The molecule has 0 spiro atoms. The molecule has 1 rings (SSSR count). The van der Waals surface area contributed by atoms with Crippen molar-refractivity contribution in [3.63, 3.8) is 0 Å². The molecule has 34 heavy (non-hydrogen) atoms. The molecule has 0 fully saturated rings. The van der Waals surface area contributed by atoms with Gasteiger partial charge in [-0.05, 0) is 20.3 Å². The van der Waals surface area contributed by atoms with Crippen LogP contribution < -0.4 is 10.6 Å². The number of hydrogen-bond donors (Lipinski definition) is 2. The van der Waals surface area contributed by atoms with Crippen LogP contribution in [-0.4, -0.2) is 38.9 Å². The maximum absolute atomic E-state index is 13.9. The molecule has 6 nitrogen and oxygen atoms in total. The number of amides is 2. The van der Waals surface area contributed by atoms with E-state index in [-0.39, 0.29) is 12.6 Å². The van der Waals surface area contributed by atoms with E-state index in [2.05, 4.69) is 12.2 Å². The number of hydrogen-bond acceptors (Lipinski definition) is 4. The third-order valence-electron chi connectivity index (χ3n) is 5.33. The van der Waals surface area contributed by atoms with Gasteiger partial charge in [0.25, 0.3) is 5.97 Å². The lowest BCUT2D eigenvalue weighted by Gasteiger charge is -2.39. The van der Waals surface area contributed by atoms with Crippen LogP contribution in [0, 0.1) is 35.0 Å². The second-order valence-corrected chi connectivity index (χ2v) is 8.21. The Morgan fingerprint density at radius 2 is 1.35 bits per heavy atom. The fraction of sp³-hybridized carbons (Fsp3) is 0.696. The van der Waals surface area contributed by atoms with Gasteiger partial charge in [-0.3, -0.25) is 0 Å². The number of halogens is 5. The monoisotopic (exact) mass is 498 g/mol. The summed E-state index contributed by atoms with van der Waals surface area (Å²) in [4.78, 5) is 12.3. The molecule has 1 aromatic carbocycles. The Kier molecular flexibility index (Phi) is 12.8. The minimum atomic E-state index is -2.31. The van der Waals surface area contributed by atoms with E-state index in [0.29, 0.717) is 6.42 Å². The molecule has 1 atom stereocenters. The van der Waals surface area contributed by atoms with Crippen LogP contribution in [-0.2, 0) is 14.2 Å². The molecule has 0 aliphatic carbocycles. The summed E-state index contributed by atoms with van der Waals surface area (Å²) in [6.45, 7) is 5.55. The van der Waals surface area contributed by atoms with Gasteiger partial charge in [0.2, 0.25) is 5.82 Å². The largest absolute Gasteiger partial charge is 0.337 e. The second kappa shape index (κ2) is 14.4. The van der Waals surface area contributed by atoms with Gasteiger partial charge in [0, 0.05) is 20.8 Å². The molecule has 0 radical (unpaired) electrons. The van der Waals surface area contributed by atoms with Crippen LogP contribution in [0.15, 0.2) is 0 Å². The fourth-order valence-corrected chi connectivity index (χ4v) is 3.60. The van der Waals surface area contributed by atoms with Crippen molar-refractivity contribution in [1.29, 1.82) is 0 Å². The predicted molar refractivity (Wildman–Crippen MR) is 118 cm³/mol. The minimum Gasteiger partial charge on any atom is -0.337 e. The van der Waals surface area contributed by atoms with E-state index in [1.807, 2.05) is 0 Å². The van der Waals surface area contributed by atoms with Crippen molar-refractivity contribution in [1.82, 2.24) is 5.32 Å². The van der Waals surface area contributed by atoms with Crippen molar-refractivity contribution < 1.29 is 41.0 Å². The Hall–Kier alpha value is -1.98. The number of methoxy groups -OCH3 is 2. The summed E-state index contributed by atoms with van der Waals surface area (Å²) in [5.74, 6) is -13.0. The molecular formula is C23H35F5N2O4. The minimum absolute atomic E-state index is 0.120. The first kappa shape index (κ1) is 30.1. The number of unbranched alkanes of at least 4 members (excludes halogenated alkanes) is 5. The number of carbonyl (C=O) groups is 1. The van der Waals surface area contributed by atoms with E-state index >= 15 is 0 Å². The zero-order valence-corrected chi connectivity index (χ0v) is 20.3. The first-order chi connectivity index (χ1) is 16.0. The van der Waals surface area contributed by atoms with Crippen LogP contribution in [0.4, 0.5) is 32.4 Å². The SMILES string of the molecule is CCCCCCCCC(CNC(=O)Nc1c(F)c(F)c(F)c(F)c1F)C(OC)(OC)OC(C)C. The maximum Gasteiger partial charge on any atom is 0.319 e. The number of ether oxygens (including phenoxy) is 3. The third-order valence-corrected chi connectivity index (χ3v) is 5.33. The van der Waals surface area contributed by atoms with Gasteiger partial charge < -0.3 is 24.8 Å². The Morgan fingerprint density at radius 3 is 1.85 bits per heavy atom. The summed E-state index contributed by atoms with van der Waals surface area (Å²) in [5.41, 5.74) is -1.44. The standard InChI is InChI=1S/C23H35F5N2O4/c1-6-7-8-9-10-11-12-15(23(32-4,33-5)34-14(2)3)13-29-22(31)30-21-19(27)17(25)16(24)18(26)20(21)28/h14-15H,6-13H2,1-5H3,(H2,29,30,31). The van der Waals surface area contributed by atoms with Crippen molar-refractivity contribution in [2.45, 2.75) is 77.8 Å². The number of rotatable bonds is 15. The molecule has 1 unspecified atom stereocenters. The van der Waals surface area contributed by atoms with E-state index < -0.39 is 52.7 Å². The predicted octanol–water partition coefficient (Wildman–Crippen LogP) is 6.24. The average Bonchev–Trinajstić information content (AvgIpc) is 2.81. The summed E-state index contributed by atoms with van der Waals surface area (Å²) in [6, 6.07) is -1.16. The van der Waals surface area contributed by atoms with Gasteiger partial charge in [-0.2, -0.15) is 0 Å². The van der Waals surface area contributed by atoms with Gasteiger partial charge >= 0.3 is 6.03 Å². The normalized spacial score (nSPS) is 12.8. The van der Waals surface area contributed by atoms with Crippen molar-refractivity contribution in [3.05, 3.63) is 29.1 Å². The topological polar surface area (TPSA) is 68.8 Å². The first-order valence-electron chi connectivity index (χ1n) is 11.4. The highest BCUT2D eigenvalue weighted by molar-refractivity contribution is 5.89. The summed E-state index contributed by atoms with van der Waals surface area (Å²) in [6.07, 6.45) is 6.31. The highest BCUT2D eigenvalue weighted by atomic mass is 19.2. The molecule has 2 amide bonds. The molecular weight excluding hydrogens is 463 g/mol. The first-order valence-corrected chi connectivity index (χ1v) is 11.4. The van der Waals surface area contributed by atoms with Gasteiger partial charge in [-0.25, -0.2) is 26.7 Å². The van der Waals surface area contributed by atoms with Crippen LogP contribution in [0.25, 0.3) is 0 Å². The van der Waals surface area contributed by atoms with Crippen molar-refractivity contribution in [3.8, 4) is 0 Å². The summed E-state index contributed by atoms with van der Waals surface area (Å²) in [7, 11) is 2.77. The van der Waals surface area contributed by atoms with E-state index in [4.69, 9.17) is 14.2 Å². The average molecular weight is 499 g/mol. The van der Waals surface area contributed by atoms with Crippen LogP contribution in [0.3, 0.4) is 0 Å². The van der Waals surface area contributed by atoms with E-state index in [1.165, 1.54) is 14.2 Å². The summed E-state index contributed by atoms with van der Waals surface area (Å²) >= 11 is 0. The van der Waals surface area contributed by atoms with Crippen LogP contribution in [0.1, 0.15) is 65.7 Å². The molecule has 196 valence electrons. The highest BCUT2D eigenvalue weighted by Gasteiger charge is 2.42. The highest BCUT2D eigenvalue weighted by Crippen LogP contribution is 2.31. The molecule has 0 aliphatic heterocycles. The number of urea groups is 1. The van der Waals surface area contributed by atoms with E-state index in [1.54, 1.807) is 19.2 Å². The number of nitrogens with one attached hydrogen (secondary N) is 2. The van der Waals surface area contributed by atoms with Crippen molar-refractivity contribution in [2.24, 2.45) is 5.92 Å². The lowest BCUT2D eigenvalue weighted by atomic mass is 9.97. The molecule has 0 saturated carbocycles. The Balaban J connectivity index is 2.95. The number of anilines is 1. The van der Waals surface area contributed by atoms with Gasteiger partial charge in [-0.1, -0.05) is 45.4 Å². The van der Waals surface area contributed by atoms with E-state index in [0.717, 1.165) is 38.5 Å². The van der Waals surface area contributed by atoms with Crippen LogP contribution >= 0.6 is 0 Å². The zero-order chi connectivity index (χ0) is 25.9. The maximum atomic E-state index is 13.9. The van der Waals surface area contributed by atoms with Gasteiger partial charge in [0.05, 0.1) is 12.0 Å². The summed E-state index contributed by atoms with van der Waals surface area (Å²) < 4.78 is 84.7. The third kappa shape index (κ3) is 8.06. The lowest BCUT2D eigenvalue weighted by molar-refractivity contribution is -0.397. The smallest absolute Gasteiger partial charge is 0.319 e. The second-order valence-electron chi connectivity index (χ2n) is 8.21. The fourth-order valence-electron chi connectivity index (χ4n) is 3.60.